The number of guanidine groups is 1. The molecule has 0 aromatic heterocycles. The van der Waals surface area contributed by atoms with Crippen molar-refractivity contribution in [1.29, 1.82) is 0 Å². The van der Waals surface area contributed by atoms with Gasteiger partial charge in [-0.15, -0.1) is 0 Å². The summed E-state index contributed by atoms with van der Waals surface area (Å²) in [5.74, 6) is 3.04. The van der Waals surface area contributed by atoms with Gasteiger partial charge >= 0.3 is 0 Å². The van der Waals surface area contributed by atoms with Crippen molar-refractivity contribution in [3.05, 3.63) is 66.2 Å². The monoisotopic (exact) mass is 383 g/mol. The number of para-hydroxylation sites is 1. The molecule has 0 saturated heterocycles. The van der Waals surface area contributed by atoms with Crippen LogP contribution in [0.1, 0.15) is 11.1 Å². The van der Waals surface area contributed by atoms with Crippen LogP contribution in [0.2, 0.25) is 0 Å². The molecule has 0 atom stereocenters. The molecule has 28 heavy (non-hydrogen) atoms. The lowest BCUT2D eigenvalue weighted by Gasteiger charge is -2.15. The fourth-order valence-electron chi connectivity index (χ4n) is 2.70. The molecule has 2 aromatic carbocycles. The van der Waals surface area contributed by atoms with E-state index in [0.717, 1.165) is 47.3 Å². The lowest BCUT2D eigenvalue weighted by molar-refractivity contribution is 0.354. The molecule has 0 radical (unpaired) electrons. The predicted molar refractivity (Wildman–Crippen MR) is 114 cm³/mol. The third-order valence-corrected chi connectivity index (χ3v) is 4.15. The predicted octanol–water partition coefficient (Wildman–Crippen LogP) is 3.18. The molecule has 0 unspecified atom stereocenters. The van der Waals surface area contributed by atoms with Crippen LogP contribution >= 0.6 is 0 Å². The largest absolute Gasteiger partial charge is 0.493 e. The summed E-state index contributed by atoms with van der Waals surface area (Å²) in [6.07, 6.45) is 2.57. The highest BCUT2D eigenvalue weighted by atomic mass is 16.5. The first-order chi connectivity index (χ1) is 13.7. The van der Waals surface area contributed by atoms with Crippen molar-refractivity contribution in [1.82, 2.24) is 10.6 Å². The Hall–Kier alpha value is -3.15. The van der Waals surface area contributed by atoms with Crippen LogP contribution in [0, 0.1) is 0 Å². The number of aliphatic imine (C=N–C) groups is 1. The lowest BCUT2D eigenvalue weighted by atomic mass is 10.1. The number of hydrogen-bond acceptors (Lipinski definition) is 4. The van der Waals surface area contributed by atoms with E-state index in [1.807, 2.05) is 42.5 Å². The van der Waals surface area contributed by atoms with Gasteiger partial charge < -0.3 is 24.8 Å². The minimum Gasteiger partial charge on any atom is -0.493 e. The zero-order valence-corrected chi connectivity index (χ0v) is 16.8. The van der Waals surface area contributed by atoms with Gasteiger partial charge in [0.2, 0.25) is 0 Å². The Labute approximate surface area is 167 Å². The van der Waals surface area contributed by atoms with Crippen molar-refractivity contribution >= 4 is 5.96 Å². The third kappa shape index (κ3) is 6.23. The Bertz CT molecular complexity index is 790. The van der Waals surface area contributed by atoms with Crippen LogP contribution in [0.5, 0.6) is 17.2 Å². The van der Waals surface area contributed by atoms with E-state index >= 15 is 0 Å². The van der Waals surface area contributed by atoms with E-state index in [0.29, 0.717) is 13.2 Å². The molecule has 150 valence electrons. The zero-order valence-electron chi connectivity index (χ0n) is 16.8. The minimum absolute atomic E-state index is 0.481. The van der Waals surface area contributed by atoms with Crippen molar-refractivity contribution in [2.75, 3.05) is 34.4 Å². The zero-order chi connectivity index (χ0) is 20.2. The van der Waals surface area contributed by atoms with Crippen LogP contribution in [-0.2, 0) is 13.0 Å². The number of rotatable bonds is 10. The molecule has 0 amide bonds. The summed E-state index contributed by atoms with van der Waals surface area (Å²) in [4.78, 5) is 4.28. The van der Waals surface area contributed by atoms with Gasteiger partial charge in [-0.3, -0.25) is 4.99 Å². The van der Waals surface area contributed by atoms with Gasteiger partial charge in [0, 0.05) is 25.7 Å². The van der Waals surface area contributed by atoms with E-state index in [1.165, 1.54) is 0 Å². The first-order valence-electron chi connectivity index (χ1n) is 9.18. The molecule has 2 N–H and O–H groups in total. The molecule has 0 fully saturated rings. The summed E-state index contributed by atoms with van der Waals surface area (Å²) in [5, 5.41) is 6.64. The molecule has 0 bridgehead atoms. The highest BCUT2D eigenvalue weighted by Gasteiger charge is 2.06. The van der Waals surface area contributed by atoms with E-state index < -0.39 is 0 Å². The van der Waals surface area contributed by atoms with Crippen molar-refractivity contribution in [2.24, 2.45) is 4.99 Å². The SMILES string of the molecule is C=CCOc1ccccc1CNC(=NC)NCCc1ccc(OC)c(OC)c1. The van der Waals surface area contributed by atoms with Crippen molar-refractivity contribution in [3.8, 4) is 17.2 Å². The second-order valence-electron chi connectivity index (χ2n) is 6.00. The fourth-order valence-corrected chi connectivity index (χ4v) is 2.70. The van der Waals surface area contributed by atoms with Crippen molar-refractivity contribution < 1.29 is 14.2 Å². The van der Waals surface area contributed by atoms with Crippen LogP contribution in [-0.4, -0.2) is 40.4 Å². The maximum absolute atomic E-state index is 5.69. The first kappa shape index (κ1) is 21.2. The number of nitrogens with one attached hydrogen (secondary N) is 2. The molecular formula is C22H29N3O3. The Kier molecular flexibility index (Phi) is 8.72. The quantitative estimate of drug-likeness (QED) is 0.375. The lowest BCUT2D eigenvalue weighted by Crippen LogP contribution is -2.37. The average molecular weight is 383 g/mol. The Balaban J connectivity index is 1.86. The summed E-state index contributed by atoms with van der Waals surface area (Å²) in [7, 11) is 5.03. The number of ether oxygens (including phenoxy) is 3. The Morgan fingerprint density at radius 2 is 1.82 bits per heavy atom. The van der Waals surface area contributed by atoms with Gasteiger partial charge in [-0.05, 0) is 30.2 Å². The van der Waals surface area contributed by atoms with Crippen LogP contribution in [0.3, 0.4) is 0 Å². The molecule has 0 aliphatic heterocycles. The van der Waals surface area contributed by atoms with Crippen LogP contribution < -0.4 is 24.8 Å². The molecule has 0 saturated carbocycles. The van der Waals surface area contributed by atoms with Gasteiger partial charge in [0.1, 0.15) is 12.4 Å². The van der Waals surface area contributed by atoms with Gasteiger partial charge in [0.25, 0.3) is 0 Å². The number of methoxy groups -OCH3 is 2. The summed E-state index contributed by atoms with van der Waals surface area (Å²) in [6.45, 7) is 5.52. The molecule has 0 aliphatic carbocycles. The molecule has 0 heterocycles. The van der Waals surface area contributed by atoms with E-state index in [1.54, 1.807) is 27.3 Å². The topological polar surface area (TPSA) is 64.1 Å². The molecule has 6 heteroatoms. The number of nitrogens with zero attached hydrogens (tertiary/aromatic N) is 1. The summed E-state index contributed by atoms with van der Waals surface area (Å²) in [5.41, 5.74) is 2.22. The Morgan fingerprint density at radius 3 is 2.54 bits per heavy atom. The molecule has 6 nitrogen and oxygen atoms in total. The van der Waals surface area contributed by atoms with Crippen LogP contribution in [0.25, 0.3) is 0 Å². The second kappa shape index (κ2) is 11.5. The minimum atomic E-state index is 0.481. The smallest absolute Gasteiger partial charge is 0.191 e. The van der Waals surface area contributed by atoms with Crippen molar-refractivity contribution in [2.45, 2.75) is 13.0 Å². The highest BCUT2D eigenvalue weighted by molar-refractivity contribution is 5.79. The maximum Gasteiger partial charge on any atom is 0.191 e. The van der Waals surface area contributed by atoms with Crippen LogP contribution in [0.4, 0.5) is 0 Å². The van der Waals surface area contributed by atoms with Crippen LogP contribution in [0.15, 0.2) is 60.1 Å². The summed E-state index contributed by atoms with van der Waals surface area (Å²) in [6, 6.07) is 13.9. The highest BCUT2D eigenvalue weighted by Crippen LogP contribution is 2.27. The normalized spacial score (nSPS) is 10.9. The number of hydrogen-bond donors (Lipinski definition) is 2. The molecule has 2 aromatic rings. The van der Waals surface area contributed by atoms with E-state index in [2.05, 4.69) is 22.2 Å². The van der Waals surface area contributed by atoms with Gasteiger partial charge in [-0.25, -0.2) is 0 Å². The maximum atomic E-state index is 5.69. The summed E-state index contributed by atoms with van der Waals surface area (Å²) < 4.78 is 16.3. The molecule has 0 aliphatic rings. The average Bonchev–Trinajstić information content (AvgIpc) is 2.75. The molecular weight excluding hydrogens is 354 g/mol. The standard InChI is InChI=1S/C22H29N3O3/c1-5-14-28-19-9-7-6-8-18(19)16-25-22(23-2)24-13-12-17-10-11-20(26-3)21(15-17)27-4/h5-11,15H,1,12-14,16H2,2-4H3,(H2,23,24,25). The van der Waals surface area contributed by atoms with Gasteiger partial charge in [-0.2, -0.15) is 0 Å². The summed E-state index contributed by atoms with van der Waals surface area (Å²) >= 11 is 0. The van der Waals surface area contributed by atoms with E-state index in [4.69, 9.17) is 14.2 Å². The van der Waals surface area contributed by atoms with Gasteiger partial charge in [0.15, 0.2) is 17.5 Å². The second-order valence-corrected chi connectivity index (χ2v) is 6.00. The Morgan fingerprint density at radius 1 is 1.04 bits per heavy atom. The molecule has 0 spiro atoms. The van der Waals surface area contributed by atoms with E-state index in [-0.39, 0.29) is 0 Å². The first-order valence-corrected chi connectivity index (χ1v) is 9.18. The molecule has 2 rings (SSSR count). The third-order valence-electron chi connectivity index (χ3n) is 4.15. The number of benzene rings is 2. The van der Waals surface area contributed by atoms with E-state index in [9.17, 15) is 0 Å². The fraction of sp³-hybridized carbons (Fsp3) is 0.318. The van der Waals surface area contributed by atoms with Gasteiger partial charge in [-0.1, -0.05) is 36.9 Å². The van der Waals surface area contributed by atoms with Gasteiger partial charge in [0.05, 0.1) is 14.2 Å². The van der Waals surface area contributed by atoms with Crippen molar-refractivity contribution in [3.63, 3.8) is 0 Å².